The van der Waals surface area contributed by atoms with Gasteiger partial charge in [-0.1, -0.05) is 57.4 Å². The van der Waals surface area contributed by atoms with Crippen molar-refractivity contribution < 1.29 is 25.2 Å². The Hall–Kier alpha value is -0.910. The van der Waals surface area contributed by atoms with Crippen molar-refractivity contribution in [3.63, 3.8) is 0 Å². The zero-order valence-corrected chi connectivity index (χ0v) is 15.3. The van der Waals surface area contributed by atoms with E-state index < -0.39 is 18.2 Å². The number of unbranched alkanes of at least 4 members (excludes halogenated alkanes) is 9. The van der Waals surface area contributed by atoms with Gasteiger partial charge in [-0.3, -0.25) is 4.79 Å². The lowest BCUT2D eigenvalue weighted by molar-refractivity contribution is -0.134. The highest BCUT2D eigenvalue weighted by molar-refractivity contribution is 5.62. The summed E-state index contributed by atoms with van der Waals surface area (Å²) in [6, 6.07) is 0. The van der Waals surface area contributed by atoms with Crippen molar-refractivity contribution in [1.82, 2.24) is 0 Å². The van der Waals surface area contributed by atoms with Crippen LogP contribution in [0.4, 0.5) is 0 Å². The Morgan fingerprint density at radius 1 is 0.917 bits per heavy atom. The Morgan fingerprint density at radius 2 is 1.33 bits per heavy atom. The minimum Gasteiger partial charge on any atom is -0.481 e. The second kappa shape index (κ2) is 20.1. The standard InChI is InChI=1S/C17H34O3.C2H4O2/c1-2-3-4-5-6-7-8-9-10-11-12-13-16(19)14-17(20)15-18;1-2(3)4/h2,16-20H,1,3-15H2;1H3,(H,3,4)/t16-,17-;/m1./s1. The Labute approximate surface area is 147 Å². The summed E-state index contributed by atoms with van der Waals surface area (Å²) in [5, 5.41) is 34.9. The predicted octanol–water partition coefficient (Wildman–Crippen LogP) is 3.66. The molecule has 144 valence electrons. The molecule has 0 spiro atoms. The lowest BCUT2D eigenvalue weighted by Gasteiger charge is -2.13. The average molecular weight is 347 g/mol. The van der Waals surface area contributed by atoms with Crippen LogP contribution in [0.5, 0.6) is 0 Å². The van der Waals surface area contributed by atoms with Crippen LogP contribution in [0.15, 0.2) is 12.7 Å². The molecule has 0 rings (SSSR count). The third kappa shape index (κ3) is 26.0. The van der Waals surface area contributed by atoms with Crippen molar-refractivity contribution in [1.29, 1.82) is 0 Å². The molecule has 0 aromatic carbocycles. The summed E-state index contributed by atoms with van der Waals surface area (Å²) in [5.74, 6) is -0.833. The lowest BCUT2D eigenvalue weighted by atomic mass is 10.0. The van der Waals surface area contributed by atoms with Gasteiger partial charge < -0.3 is 20.4 Å². The van der Waals surface area contributed by atoms with E-state index in [1.807, 2.05) is 6.08 Å². The summed E-state index contributed by atoms with van der Waals surface area (Å²) in [4.78, 5) is 9.00. The van der Waals surface area contributed by atoms with Gasteiger partial charge in [-0.2, -0.15) is 0 Å². The zero-order valence-electron chi connectivity index (χ0n) is 15.3. The summed E-state index contributed by atoms with van der Waals surface area (Å²) >= 11 is 0. The summed E-state index contributed by atoms with van der Waals surface area (Å²) in [6.45, 7) is 4.55. The minimum atomic E-state index is -0.833. The number of hydrogen-bond donors (Lipinski definition) is 4. The number of allylic oxidation sites excluding steroid dienone is 1. The van der Waals surface area contributed by atoms with E-state index in [0.29, 0.717) is 6.42 Å². The first-order valence-electron chi connectivity index (χ1n) is 9.21. The first-order chi connectivity index (χ1) is 11.4. The van der Waals surface area contributed by atoms with Crippen LogP contribution in [0.1, 0.15) is 84.0 Å². The number of aliphatic hydroxyl groups is 3. The van der Waals surface area contributed by atoms with Crippen LogP contribution >= 0.6 is 0 Å². The van der Waals surface area contributed by atoms with E-state index in [1.54, 1.807) is 0 Å². The number of carboxylic acid groups (broad SMARTS) is 1. The summed E-state index contributed by atoms with van der Waals surface area (Å²) in [7, 11) is 0. The van der Waals surface area contributed by atoms with Crippen LogP contribution in [0.2, 0.25) is 0 Å². The van der Waals surface area contributed by atoms with Gasteiger partial charge in [-0.25, -0.2) is 0 Å². The van der Waals surface area contributed by atoms with Gasteiger partial charge in [0.1, 0.15) is 0 Å². The van der Waals surface area contributed by atoms with Crippen molar-refractivity contribution in [3.05, 3.63) is 12.7 Å². The fourth-order valence-electron chi connectivity index (χ4n) is 2.41. The van der Waals surface area contributed by atoms with Gasteiger partial charge in [0.15, 0.2) is 0 Å². The molecule has 0 amide bonds. The molecule has 0 aliphatic heterocycles. The van der Waals surface area contributed by atoms with Gasteiger partial charge in [-0.05, 0) is 19.3 Å². The normalized spacial score (nSPS) is 12.8. The van der Waals surface area contributed by atoms with Gasteiger partial charge in [0.2, 0.25) is 0 Å². The van der Waals surface area contributed by atoms with E-state index >= 15 is 0 Å². The highest BCUT2D eigenvalue weighted by Crippen LogP contribution is 2.13. The Balaban J connectivity index is 0. The fourth-order valence-corrected chi connectivity index (χ4v) is 2.41. The predicted molar refractivity (Wildman–Crippen MR) is 98.0 cm³/mol. The molecule has 5 heteroatoms. The van der Waals surface area contributed by atoms with Crippen molar-refractivity contribution in [2.75, 3.05) is 6.61 Å². The number of carboxylic acids is 1. The summed E-state index contributed by atoms with van der Waals surface area (Å²) in [5.41, 5.74) is 0. The molecule has 4 N–H and O–H groups in total. The van der Waals surface area contributed by atoms with E-state index in [-0.39, 0.29) is 6.61 Å². The first-order valence-corrected chi connectivity index (χ1v) is 9.21. The molecule has 0 saturated heterocycles. The maximum Gasteiger partial charge on any atom is 0.300 e. The molecule has 24 heavy (non-hydrogen) atoms. The Bertz CT molecular complexity index is 277. The lowest BCUT2D eigenvalue weighted by Crippen LogP contribution is -2.20. The van der Waals surface area contributed by atoms with Gasteiger partial charge in [-0.15, -0.1) is 6.58 Å². The molecule has 0 aliphatic carbocycles. The largest absolute Gasteiger partial charge is 0.481 e. The number of rotatable bonds is 15. The molecular formula is C19H38O5. The maximum atomic E-state index is 9.62. The smallest absolute Gasteiger partial charge is 0.300 e. The van der Waals surface area contributed by atoms with Crippen LogP contribution in [-0.2, 0) is 4.79 Å². The molecule has 0 aromatic rings. The second-order valence-electron chi connectivity index (χ2n) is 6.29. The zero-order chi connectivity index (χ0) is 18.6. The monoisotopic (exact) mass is 346 g/mol. The number of carbonyl (C=O) groups is 1. The van der Waals surface area contributed by atoms with E-state index in [0.717, 1.165) is 32.6 Å². The summed E-state index contributed by atoms with van der Waals surface area (Å²) < 4.78 is 0. The van der Waals surface area contributed by atoms with Crippen LogP contribution < -0.4 is 0 Å². The molecule has 0 unspecified atom stereocenters. The molecule has 0 bridgehead atoms. The highest BCUT2D eigenvalue weighted by atomic mass is 16.4. The minimum absolute atomic E-state index is 0.260. The summed E-state index contributed by atoms with van der Waals surface area (Å²) in [6.07, 6.45) is 14.2. The van der Waals surface area contributed by atoms with E-state index in [1.165, 1.54) is 44.9 Å². The van der Waals surface area contributed by atoms with Crippen molar-refractivity contribution in [3.8, 4) is 0 Å². The maximum absolute atomic E-state index is 9.62. The molecular weight excluding hydrogens is 308 g/mol. The van der Waals surface area contributed by atoms with Gasteiger partial charge >= 0.3 is 0 Å². The van der Waals surface area contributed by atoms with Gasteiger partial charge in [0.25, 0.3) is 5.97 Å². The molecule has 0 aromatic heterocycles. The van der Waals surface area contributed by atoms with Gasteiger partial charge in [0, 0.05) is 13.3 Å². The molecule has 0 heterocycles. The Morgan fingerprint density at radius 3 is 1.75 bits per heavy atom. The molecule has 0 saturated carbocycles. The second-order valence-corrected chi connectivity index (χ2v) is 6.29. The van der Waals surface area contributed by atoms with E-state index in [2.05, 4.69) is 6.58 Å². The van der Waals surface area contributed by atoms with Crippen LogP contribution in [-0.4, -0.2) is 45.2 Å². The molecule has 0 aliphatic rings. The number of aliphatic carboxylic acids is 1. The third-order valence-corrected chi connectivity index (χ3v) is 3.70. The molecule has 5 nitrogen and oxygen atoms in total. The van der Waals surface area contributed by atoms with Crippen molar-refractivity contribution >= 4 is 5.97 Å². The first kappa shape index (κ1) is 25.3. The molecule has 0 radical (unpaired) electrons. The van der Waals surface area contributed by atoms with Crippen molar-refractivity contribution in [2.24, 2.45) is 0 Å². The average Bonchev–Trinajstić information content (AvgIpc) is 2.52. The Kier molecular flexibility index (Phi) is 21.3. The SMILES string of the molecule is C=CCCCCCCCCCCC[C@@H](O)C[C@@H](O)CO.CC(=O)O. The van der Waals surface area contributed by atoms with Crippen LogP contribution in [0.25, 0.3) is 0 Å². The highest BCUT2D eigenvalue weighted by Gasteiger charge is 2.10. The van der Waals surface area contributed by atoms with Gasteiger partial charge in [0.05, 0.1) is 18.8 Å². The van der Waals surface area contributed by atoms with Crippen molar-refractivity contribution in [2.45, 2.75) is 96.2 Å². The quantitative estimate of drug-likeness (QED) is 0.268. The van der Waals surface area contributed by atoms with Crippen LogP contribution in [0, 0.1) is 0 Å². The molecule has 0 fully saturated rings. The van der Waals surface area contributed by atoms with E-state index in [9.17, 15) is 10.2 Å². The number of aliphatic hydroxyl groups excluding tert-OH is 3. The third-order valence-electron chi connectivity index (χ3n) is 3.70. The van der Waals surface area contributed by atoms with E-state index in [4.69, 9.17) is 15.0 Å². The topological polar surface area (TPSA) is 98.0 Å². The number of hydrogen-bond acceptors (Lipinski definition) is 4. The molecule has 2 atom stereocenters. The van der Waals surface area contributed by atoms with Crippen LogP contribution in [0.3, 0.4) is 0 Å². The fraction of sp³-hybridized carbons (Fsp3) is 0.842.